The van der Waals surface area contributed by atoms with Crippen molar-refractivity contribution in [1.82, 2.24) is 0 Å². The minimum Gasteiger partial charge on any atom is -0.493 e. The van der Waals surface area contributed by atoms with Gasteiger partial charge in [-0.2, -0.15) is 12.8 Å². The van der Waals surface area contributed by atoms with Crippen molar-refractivity contribution in [2.75, 3.05) is 0 Å². The van der Waals surface area contributed by atoms with Crippen molar-refractivity contribution in [3.05, 3.63) is 173 Å². The summed E-state index contributed by atoms with van der Waals surface area (Å²) >= 11 is 0. The molecular formula is C60H86N2Pd. The first-order chi connectivity index (χ1) is 30.5. The Hall–Kier alpha value is -3.38. The first-order valence-corrected chi connectivity index (χ1v) is 25.3. The fraction of sp³-hybridized carbons (Fsp3) is 0.500. The number of rotatable bonds is 28. The first kappa shape index (κ1) is 55.8. The van der Waals surface area contributed by atoms with E-state index < -0.39 is 0 Å². The Kier molecular flexibility index (Phi) is 31.8. The van der Waals surface area contributed by atoms with Gasteiger partial charge >= 0.3 is 20.4 Å². The van der Waals surface area contributed by atoms with E-state index >= 15 is 0 Å². The van der Waals surface area contributed by atoms with Crippen molar-refractivity contribution in [2.24, 2.45) is 0 Å². The van der Waals surface area contributed by atoms with E-state index in [1.54, 1.807) is 4.70 Å². The van der Waals surface area contributed by atoms with E-state index in [9.17, 15) is 5.53 Å². The van der Waals surface area contributed by atoms with Crippen molar-refractivity contribution >= 4 is 11.4 Å². The van der Waals surface area contributed by atoms with Gasteiger partial charge in [0, 0.05) is 22.3 Å². The molecule has 5 rings (SSSR count). The summed E-state index contributed by atoms with van der Waals surface area (Å²) in [5.41, 5.74) is 24.8. The van der Waals surface area contributed by atoms with Crippen LogP contribution in [0.1, 0.15) is 202 Å². The Labute approximate surface area is 402 Å². The van der Waals surface area contributed by atoms with E-state index in [0.717, 1.165) is 62.8 Å². The van der Waals surface area contributed by atoms with E-state index in [1.165, 1.54) is 160 Å². The largest absolute Gasteiger partial charge is 2.00 e. The van der Waals surface area contributed by atoms with Crippen LogP contribution in [0.2, 0.25) is 0 Å². The zero-order valence-electron chi connectivity index (χ0n) is 40.4. The molecule has 0 bridgehead atoms. The summed E-state index contributed by atoms with van der Waals surface area (Å²) in [5.74, 6) is 0. The quantitative estimate of drug-likeness (QED) is 0.0235. The number of aryl methyl sites for hydroxylation is 2. The molecule has 1 heterocycles. The van der Waals surface area contributed by atoms with Gasteiger partial charge in [-0.25, -0.2) is 4.70 Å². The number of hydrogen-bond acceptors (Lipinski definition) is 0. The first-order valence-electron chi connectivity index (χ1n) is 25.3. The minimum atomic E-state index is 0. The van der Waals surface area contributed by atoms with Crippen LogP contribution in [0.3, 0.4) is 0 Å². The molecule has 3 heteroatoms. The third-order valence-corrected chi connectivity index (χ3v) is 12.2. The molecule has 63 heavy (non-hydrogen) atoms. The fourth-order valence-electron chi connectivity index (χ4n) is 8.48. The molecule has 0 fully saturated rings. The maximum Gasteiger partial charge on any atom is 2.00 e. The Balaban J connectivity index is 0.000000664. The van der Waals surface area contributed by atoms with Gasteiger partial charge in [0.15, 0.2) is 0 Å². The molecule has 2 nitrogen and oxygen atoms in total. The maximum atomic E-state index is 12.2. The zero-order valence-corrected chi connectivity index (χ0v) is 42.0. The van der Waals surface area contributed by atoms with Crippen LogP contribution in [-0.4, -0.2) is 4.70 Å². The van der Waals surface area contributed by atoms with Crippen LogP contribution in [0.15, 0.2) is 120 Å². The molecule has 0 saturated heterocycles. The van der Waals surface area contributed by atoms with Crippen molar-refractivity contribution < 1.29 is 25.1 Å². The van der Waals surface area contributed by atoms with Crippen molar-refractivity contribution in [3.63, 3.8) is 0 Å². The molecule has 346 valence electrons. The predicted molar refractivity (Wildman–Crippen MR) is 273 cm³/mol. The molecule has 1 aliphatic rings. The van der Waals surface area contributed by atoms with Gasteiger partial charge in [-0.05, 0) is 86.8 Å². The molecule has 1 aliphatic heterocycles. The summed E-state index contributed by atoms with van der Waals surface area (Å²) in [7, 11) is 0. The topological polar surface area (TPSA) is 25.3 Å². The van der Waals surface area contributed by atoms with Gasteiger partial charge < -0.3 is 19.4 Å². The normalized spacial score (nSPS) is 12.1. The van der Waals surface area contributed by atoms with E-state index in [4.69, 9.17) is 0 Å². The van der Waals surface area contributed by atoms with Gasteiger partial charge in [0.1, 0.15) is 0 Å². The molecule has 4 aromatic rings. The molecule has 4 aromatic carbocycles. The molecule has 0 amide bonds. The van der Waals surface area contributed by atoms with Crippen LogP contribution in [0, 0.1) is 13.8 Å². The Morgan fingerprint density at radius 3 is 1.03 bits per heavy atom. The molecule has 0 N–H and O–H groups in total. The van der Waals surface area contributed by atoms with Crippen molar-refractivity contribution in [3.8, 4) is 0 Å². The molecule has 0 saturated carbocycles. The second-order valence-electron chi connectivity index (χ2n) is 17.5. The maximum absolute atomic E-state index is 12.2. The Morgan fingerprint density at radius 2 is 0.683 bits per heavy atom. The van der Waals surface area contributed by atoms with Crippen LogP contribution in [0.25, 0.3) is 16.9 Å². The van der Waals surface area contributed by atoms with Crippen LogP contribution < -0.4 is 0 Å². The molecule has 0 aromatic heterocycles. The third-order valence-electron chi connectivity index (χ3n) is 12.2. The van der Waals surface area contributed by atoms with Gasteiger partial charge in [0.2, 0.25) is 11.4 Å². The fourth-order valence-corrected chi connectivity index (χ4v) is 8.48. The number of hydrogen-bond donors (Lipinski definition) is 0. The summed E-state index contributed by atoms with van der Waals surface area (Å²) in [6, 6.07) is 38.7. The predicted octanol–water partition coefficient (Wildman–Crippen LogP) is 18.7. The third kappa shape index (κ3) is 21.9. The average molecular weight is 942 g/mol. The molecule has 0 unspecified atom stereocenters. The van der Waals surface area contributed by atoms with Gasteiger partial charge in [-0.15, -0.1) is 0 Å². The molecule has 0 aliphatic carbocycles. The van der Waals surface area contributed by atoms with Gasteiger partial charge in [-0.1, -0.05) is 226 Å². The summed E-state index contributed by atoms with van der Waals surface area (Å²) in [6.45, 7) is 16.7. The van der Waals surface area contributed by atoms with E-state index in [-0.39, 0.29) is 20.4 Å². The summed E-state index contributed by atoms with van der Waals surface area (Å²) in [4.78, 5) is 0. The van der Waals surface area contributed by atoms with Gasteiger partial charge in [0.25, 0.3) is 0 Å². The monoisotopic (exact) mass is 941 g/mol. The summed E-state index contributed by atoms with van der Waals surface area (Å²) in [6.07, 6.45) is 32.0. The van der Waals surface area contributed by atoms with Crippen molar-refractivity contribution in [2.45, 2.75) is 195 Å². The molecule has 0 radical (unpaired) electrons. The van der Waals surface area contributed by atoms with Crippen LogP contribution in [-0.2, 0) is 46.1 Å². The number of benzene rings is 4. The van der Waals surface area contributed by atoms with Crippen molar-refractivity contribution in [1.29, 1.82) is 0 Å². The number of unbranched alkanes of at least 4 members (excludes halogenated alkanes) is 16. The van der Waals surface area contributed by atoms with E-state index in [0.29, 0.717) is 0 Å². The number of nitrogens with zero attached hydrogens (tertiary/aromatic N) is 2. The second kappa shape index (κ2) is 35.9. The molecule has 0 spiro atoms. The Morgan fingerprint density at radius 1 is 0.365 bits per heavy atom. The smallest absolute Gasteiger partial charge is 0.493 e. The van der Waals surface area contributed by atoms with E-state index in [1.807, 2.05) is 36.4 Å². The van der Waals surface area contributed by atoms with Crippen LogP contribution in [0.5, 0.6) is 0 Å². The van der Waals surface area contributed by atoms with Gasteiger partial charge in [-0.3, -0.25) is 0 Å². The molecular weight excluding hydrogens is 855 g/mol. The standard InChI is InChI=1S/C44H68N2.2C8H9.Pd/c1-5-9-13-16-19-22-27-37-29-25-31-39(35-37)43-41(33-12-8-4)42(34-24-21-18-15-11-7-3)44(46(43)45)40-32-26-30-38(36-40)28-23-20-17-14-10-6-2;2*1-2-8-6-4-3-5-7-8;/h25-26,29-32,35-36H,5-24,27-28,33-34H2,1-4H3;2*3-7H,1-2H2;/q;2*-1;+2. The Bertz CT molecular complexity index is 1780. The summed E-state index contributed by atoms with van der Waals surface area (Å²) in [5, 5.41) is 0. The van der Waals surface area contributed by atoms with E-state index in [2.05, 4.69) is 114 Å². The summed E-state index contributed by atoms with van der Waals surface area (Å²) < 4.78 is 1.60. The second-order valence-corrected chi connectivity index (χ2v) is 17.5. The zero-order chi connectivity index (χ0) is 44.5. The average Bonchev–Trinajstić information content (AvgIpc) is 3.60. The molecule has 0 atom stereocenters. The van der Waals surface area contributed by atoms with Gasteiger partial charge in [0.05, 0.1) is 0 Å². The minimum absolute atomic E-state index is 0. The van der Waals surface area contributed by atoms with Crippen LogP contribution in [0.4, 0.5) is 0 Å². The van der Waals surface area contributed by atoms with Crippen LogP contribution >= 0.6 is 0 Å². The number of allylic oxidation sites excluding steroid dienone is 2. The SMILES string of the molecule is CCCCCCCCC1=C(c2cccc(CCCCCCCC)c2)[N+](=[N-])C(c2cccc(CCCCCCCC)c2)=C1CCCC.[CH2-]Cc1ccccc1.[CH2-]Cc1ccccc1.[Pd+2].